The molecule has 2 N–H and O–H groups in total. The highest BCUT2D eigenvalue weighted by molar-refractivity contribution is 9.10. The number of halogens is 2. The van der Waals surface area contributed by atoms with Crippen LogP contribution in [0.1, 0.15) is 20.3 Å². The van der Waals surface area contributed by atoms with Gasteiger partial charge in [0.15, 0.2) is 0 Å². The molecule has 1 radical (unpaired) electrons. The van der Waals surface area contributed by atoms with Crippen LogP contribution in [0.2, 0.25) is 0 Å². The molecule has 1 amide bonds. The summed E-state index contributed by atoms with van der Waals surface area (Å²) in [5, 5.41) is 6.13. The van der Waals surface area contributed by atoms with Crippen molar-refractivity contribution < 1.29 is 9.18 Å². The topological polar surface area (TPSA) is 44.4 Å². The molecule has 1 aliphatic heterocycles. The largest absolute Gasteiger partial charge is 0.325 e. The van der Waals surface area contributed by atoms with Crippen LogP contribution in [0.5, 0.6) is 0 Å². The highest BCUT2D eigenvalue weighted by Crippen LogP contribution is 2.25. The lowest BCUT2D eigenvalue weighted by Gasteiger charge is -2.34. The van der Waals surface area contributed by atoms with Gasteiger partial charge < -0.3 is 10.6 Å². The lowest BCUT2D eigenvalue weighted by Crippen LogP contribution is -2.52. The third-order valence-electron chi connectivity index (χ3n) is 3.54. The van der Waals surface area contributed by atoms with Crippen LogP contribution in [-0.4, -0.2) is 43.0 Å². The van der Waals surface area contributed by atoms with E-state index in [1.54, 1.807) is 12.1 Å². The van der Waals surface area contributed by atoms with Crippen LogP contribution in [0.25, 0.3) is 0 Å². The van der Waals surface area contributed by atoms with E-state index in [0.29, 0.717) is 12.1 Å². The van der Waals surface area contributed by atoms with E-state index in [9.17, 15) is 9.18 Å². The van der Waals surface area contributed by atoms with E-state index < -0.39 is 0 Å². The highest BCUT2D eigenvalue weighted by Gasteiger charge is 2.22. The Balaban J connectivity index is 1.87. The van der Waals surface area contributed by atoms with Gasteiger partial charge in [-0.3, -0.25) is 9.69 Å². The van der Waals surface area contributed by atoms with E-state index in [0.717, 1.165) is 26.2 Å². The Labute approximate surface area is 139 Å². The number of carbonyl (C=O) groups excluding carboxylic acids is 1. The Morgan fingerprint density at radius 2 is 2.27 bits per heavy atom. The zero-order valence-corrected chi connectivity index (χ0v) is 14.5. The number of piperazine rings is 1. The number of nitrogens with zero attached hydrogens (tertiary/aromatic N) is 1. The van der Waals surface area contributed by atoms with Crippen LogP contribution >= 0.6 is 15.9 Å². The Kier molecular flexibility index (Phi) is 6.35. The monoisotopic (exact) mass is 370 g/mol. The third kappa shape index (κ3) is 5.04. The van der Waals surface area contributed by atoms with Gasteiger partial charge >= 0.3 is 0 Å². The van der Waals surface area contributed by atoms with Gasteiger partial charge in [0.05, 0.1) is 10.2 Å². The van der Waals surface area contributed by atoms with Crippen LogP contribution in [0, 0.1) is 11.7 Å². The molecule has 1 saturated heterocycles. The molecule has 4 nitrogen and oxygen atoms in total. The smallest absolute Gasteiger partial charge is 0.226 e. The van der Waals surface area contributed by atoms with Crippen molar-refractivity contribution in [3.8, 4) is 0 Å². The van der Waals surface area contributed by atoms with E-state index in [-0.39, 0.29) is 22.2 Å². The number of amides is 1. The van der Waals surface area contributed by atoms with E-state index in [4.69, 9.17) is 0 Å². The standard InChI is InChI=1S/C16H22BrFN3O/c1-11(2)9-21-7-6-19-12(10-21)8-15(22)20-14-5-3-4-13(18)16(14)17/h3-5,12,19H,6-10H2,1-2H3,(H,20,22). The van der Waals surface area contributed by atoms with Crippen LogP contribution in [0.4, 0.5) is 10.1 Å². The van der Waals surface area contributed by atoms with Gasteiger partial charge in [0, 0.05) is 38.6 Å². The van der Waals surface area contributed by atoms with Crippen molar-refractivity contribution in [1.29, 1.82) is 0 Å². The van der Waals surface area contributed by atoms with Crippen molar-refractivity contribution in [2.24, 2.45) is 0 Å². The number of hydrogen-bond acceptors (Lipinski definition) is 3. The van der Waals surface area contributed by atoms with Gasteiger partial charge in [0.25, 0.3) is 0 Å². The summed E-state index contributed by atoms with van der Waals surface area (Å²) < 4.78 is 13.7. The van der Waals surface area contributed by atoms with Crippen LogP contribution in [0.3, 0.4) is 0 Å². The molecule has 0 bridgehead atoms. The molecular weight excluding hydrogens is 349 g/mol. The summed E-state index contributed by atoms with van der Waals surface area (Å²) in [6.07, 6.45) is 0.377. The molecule has 1 heterocycles. The second-order valence-electron chi connectivity index (χ2n) is 5.95. The maximum atomic E-state index is 13.4. The van der Waals surface area contributed by atoms with Gasteiger partial charge in [-0.05, 0) is 34.0 Å². The summed E-state index contributed by atoms with van der Waals surface area (Å²) in [5.74, 6) is 0.880. The lowest BCUT2D eigenvalue weighted by molar-refractivity contribution is -0.116. The molecule has 1 atom stereocenters. The molecule has 1 aliphatic rings. The summed E-state index contributed by atoms with van der Waals surface area (Å²) in [4.78, 5) is 14.5. The lowest BCUT2D eigenvalue weighted by atomic mass is 10.1. The molecule has 1 aromatic carbocycles. The fraction of sp³-hybridized carbons (Fsp3) is 0.500. The molecule has 6 heteroatoms. The summed E-state index contributed by atoms with van der Waals surface area (Å²) in [6.45, 7) is 7.93. The normalized spacial score (nSPS) is 19.4. The molecule has 121 valence electrons. The summed E-state index contributed by atoms with van der Waals surface area (Å²) in [6, 6.07) is 4.74. The average molecular weight is 371 g/mol. The van der Waals surface area contributed by atoms with Crippen LogP contribution in [-0.2, 0) is 4.79 Å². The third-order valence-corrected chi connectivity index (χ3v) is 4.34. The van der Waals surface area contributed by atoms with Gasteiger partial charge in [-0.1, -0.05) is 19.9 Å². The average Bonchev–Trinajstić information content (AvgIpc) is 2.43. The van der Waals surface area contributed by atoms with Crippen molar-refractivity contribution in [3.63, 3.8) is 0 Å². The maximum absolute atomic E-state index is 13.4. The Bertz CT molecular complexity index is 524. The highest BCUT2D eigenvalue weighted by atomic mass is 79.9. The zero-order valence-electron chi connectivity index (χ0n) is 13.0. The summed E-state index contributed by atoms with van der Waals surface area (Å²) >= 11 is 3.15. The van der Waals surface area contributed by atoms with Gasteiger partial charge in [-0.2, -0.15) is 0 Å². The predicted molar refractivity (Wildman–Crippen MR) is 90.2 cm³/mol. The van der Waals surface area contributed by atoms with Gasteiger partial charge in [-0.25, -0.2) is 4.39 Å². The van der Waals surface area contributed by atoms with Crippen LogP contribution < -0.4 is 10.6 Å². The van der Waals surface area contributed by atoms with E-state index in [2.05, 4.69) is 45.3 Å². The fourth-order valence-corrected chi connectivity index (χ4v) is 3.01. The van der Waals surface area contributed by atoms with Gasteiger partial charge in [0.1, 0.15) is 5.82 Å². The fourth-order valence-electron chi connectivity index (χ4n) is 2.65. The number of nitrogens with one attached hydrogen (secondary N) is 2. The molecule has 1 unspecified atom stereocenters. The Morgan fingerprint density at radius 1 is 1.50 bits per heavy atom. The number of rotatable bonds is 5. The summed E-state index contributed by atoms with van der Waals surface area (Å²) in [7, 11) is 0. The number of benzene rings is 1. The Morgan fingerprint density at radius 3 is 3.00 bits per heavy atom. The maximum Gasteiger partial charge on any atom is 0.226 e. The van der Waals surface area contributed by atoms with E-state index >= 15 is 0 Å². The van der Waals surface area contributed by atoms with Crippen molar-refractivity contribution in [1.82, 2.24) is 10.2 Å². The first-order valence-corrected chi connectivity index (χ1v) is 8.23. The number of anilines is 1. The van der Waals surface area contributed by atoms with Crippen LogP contribution in [0.15, 0.2) is 22.7 Å². The van der Waals surface area contributed by atoms with E-state index in [1.807, 2.05) is 0 Å². The van der Waals surface area contributed by atoms with Crippen molar-refractivity contribution in [3.05, 3.63) is 34.4 Å². The minimum atomic E-state index is -0.381. The SMILES string of the molecule is C[C](C)CN1CCNC(CC(=O)Nc2cccc(F)c2Br)C1. The zero-order chi connectivity index (χ0) is 16.1. The first-order chi connectivity index (χ1) is 10.5. The second-order valence-corrected chi connectivity index (χ2v) is 6.74. The molecule has 0 aliphatic carbocycles. The first kappa shape index (κ1) is 17.4. The molecule has 0 aromatic heterocycles. The minimum absolute atomic E-state index is 0.108. The quantitative estimate of drug-likeness (QED) is 0.837. The van der Waals surface area contributed by atoms with Crippen molar-refractivity contribution >= 4 is 27.5 Å². The molecule has 2 rings (SSSR count). The second kappa shape index (κ2) is 8.04. The molecule has 0 saturated carbocycles. The Hall–Kier alpha value is -0.980. The molecule has 1 fully saturated rings. The molecule has 22 heavy (non-hydrogen) atoms. The molecule has 0 spiro atoms. The predicted octanol–water partition coefficient (Wildman–Crippen LogP) is 2.80. The number of carbonyl (C=O) groups is 1. The first-order valence-electron chi connectivity index (χ1n) is 7.44. The van der Waals surface area contributed by atoms with Crippen molar-refractivity contribution in [2.45, 2.75) is 26.3 Å². The van der Waals surface area contributed by atoms with E-state index in [1.165, 1.54) is 12.0 Å². The van der Waals surface area contributed by atoms with Gasteiger partial charge in [-0.15, -0.1) is 0 Å². The van der Waals surface area contributed by atoms with Crippen molar-refractivity contribution in [2.75, 3.05) is 31.5 Å². The molecular formula is C16H22BrFN3O. The summed E-state index contributed by atoms with van der Waals surface area (Å²) in [5.41, 5.74) is 0.468. The minimum Gasteiger partial charge on any atom is -0.325 e. The molecule has 1 aromatic rings. The van der Waals surface area contributed by atoms with Gasteiger partial charge in [0.2, 0.25) is 5.91 Å². The number of hydrogen-bond donors (Lipinski definition) is 2.